The molecule has 1 saturated heterocycles. The van der Waals surface area contributed by atoms with Gasteiger partial charge < -0.3 is 19.1 Å². The van der Waals surface area contributed by atoms with Gasteiger partial charge in [0, 0.05) is 13.1 Å². The molecular formula is C21H30N4O4. The van der Waals surface area contributed by atoms with Crippen molar-refractivity contribution < 1.29 is 19.0 Å². The van der Waals surface area contributed by atoms with Crippen LogP contribution in [0.3, 0.4) is 0 Å². The number of ether oxygens (including phenoxy) is 3. The summed E-state index contributed by atoms with van der Waals surface area (Å²) in [6, 6.07) is 1.95. The van der Waals surface area contributed by atoms with Gasteiger partial charge in [0.1, 0.15) is 17.8 Å². The van der Waals surface area contributed by atoms with Crippen LogP contribution in [0.25, 0.3) is 0 Å². The minimum absolute atomic E-state index is 0.103. The molecule has 1 aliphatic carbocycles. The summed E-state index contributed by atoms with van der Waals surface area (Å²) in [6.07, 6.45) is 8.61. The first-order chi connectivity index (χ1) is 13.8. The fraction of sp³-hybridized carbons (Fsp3) is 0.714. The van der Waals surface area contributed by atoms with Gasteiger partial charge in [0.2, 0.25) is 5.88 Å². The Kier molecular flexibility index (Phi) is 6.91. The highest BCUT2D eigenvalue weighted by atomic mass is 16.6. The predicted molar refractivity (Wildman–Crippen MR) is 105 cm³/mol. The van der Waals surface area contributed by atoms with Gasteiger partial charge in [-0.15, -0.1) is 0 Å². The molecule has 8 nitrogen and oxygen atoms in total. The van der Waals surface area contributed by atoms with Crippen molar-refractivity contribution in [2.24, 2.45) is 0 Å². The van der Waals surface area contributed by atoms with E-state index in [1.54, 1.807) is 4.90 Å². The van der Waals surface area contributed by atoms with Gasteiger partial charge in [-0.3, -0.25) is 0 Å². The second-order valence-electron chi connectivity index (χ2n) is 8.67. The van der Waals surface area contributed by atoms with Crippen molar-refractivity contribution in [3.63, 3.8) is 0 Å². The normalized spacial score (nSPS) is 23.3. The summed E-state index contributed by atoms with van der Waals surface area (Å²) in [7, 11) is 0. The summed E-state index contributed by atoms with van der Waals surface area (Å²) < 4.78 is 17.6. The number of nitriles is 1. The number of carbonyl (C=O) groups is 1. The van der Waals surface area contributed by atoms with Crippen LogP contribution in [-0.2, 0) is 9.47 Å². The Labute approximate surface area is 172 Å². The molecule has 2 aliphatic rings. The number of likely N-dealkylation sites (tertiary alicyclic amines) is 1. The Morgan fingerprint density at radius 1 is 1.03 bits per heavy atom. The van der Waals surface area contributed by atoms with Gasteiger partial charge in [-0.05, 0) is 59.3 Å². The van der Waals surface area contributed by atoms with E-state index in [1.807, 2.05) is 26.8 Å². The molecule has 0 atom stereocenters. The maximum absolute atomic E-state index is 12.2. The van der Waals surface area contributed by atoms with Crippen molar-refractivity contribution in [1.29, 1.82) is 5.26 Å². The molecule has 0 aromatic carbocycles. The van der Waals surface area contributed by atoms with E-state index in [1.165, 1.54) is 12.4 Å². The van der Waals surface area contributed by atoms with Crippen LogP contribution in [-0.4, -0.2) is 58.0 Å². The summed E-state index contributed by atoms with van der Waals surface area (Å²) in [5.74, 6) is 0.461. The van der Waals surface area contributed by atoms with Crippen molar-refractivity contribution >= 4 is 6.09 Å². The Hall–Kier alpha value is -2.40. The van der Waals surface area contributed by atoms with Crippen LogP contribution in [0.1, 0.15) is 65.0 Å². The first-order valence-corrected chi connectivity index (χ1v) is 10.3. The molecule has 2 fully saturated rings. The van der Waals surface area contributed by atoms with E-state index < -0.39 is 5.60 Å². The van der Waals surface area contributed by atoms with Crippen molar-refractivity contribution in [3.8, 4) is 11.9 Å². The number of piperidine rings is 1. The highest BCUT2D eigenvalue weighted by Gasteiger charge is 2.30. The summed E-state index contributed by atoms with van der Waals surface area (Å²) >= 11 is 0. The largest absolute Gasteiger partial charge is 0.473 e. The average molecular weight is 402 g/mol. The van der Waals surface area contributed by atoms with E-state index in [2.05, 4.69) is 9.97 Å². The van der Waals surface area contributed by atoms with Crippen LogP contribution in [0.5, 0.6) is 5.88 Å². The number of amides is 1. The van der Waals surface area contributed by atoms with Crippen LogP contribution in [0.2, 0.25) is 0 Å². The molecule has 0 bridgehead atoms. The van der Waals surface area contributed by atoms with Crippen LogP contribution in [0.15, 0.2) is 12.4 Å². The van der Waals surface area contributed by atoms with Crippen molar-refractivity contribution in [1.82, 2.24) is 14.9 Å². The molecule has 2 heterocycles. The smallest absolute Gasteiger partial charge is 0.410 e. The maximum Gasteiger partial charge on any atom is 0.410 e. The molecule has 3 rings (SSSR count). The minimum Gasteiger partial charge on any atom is -0.473 e. The van der Waals surface area contributed by atoms with E-state index in [-0.39, 0.29) is 30.1 Å². The van der Waals surface area contributed by atoms with Crippen LogP contribution in [0, 0.1) is 11.3 Å². The van der Waals surface area contributed by atoms with Gasteiger partial charge >= 0.3 is 6.09 Å². The number of carbonyl (C=O) groups excluding carboxylic acids is 1. The molecule has 0 radical (unpaired) electrons. The third kappa shape index (κ3) is 6.57. The molecule has 0 spiro atoms. The third-order valence-corrected chi connectivity index (χ3v) is 5.13. The first kappa shape index (κ1) is 21.3. The topological polar surface area (TPSA) is 97.6 Å². The second kappa shape index (κ2) is 9.40. The van der Waals surface area contributed by atoms with Gasteiger partial charge in [0.05, 0.1) is 24.6 Å². The molecule has 1 amide bonds. The highest BCUT2D eigenvalue weighted by Crippen LogP contribution is 2.27. The molecule has 0 N–H and O–H groups in total. The summed E-state index contributed by atoms with van der Waals surface area (Å²) in [4.78, 5) is 22.0. The molecule has 1 aromatic rings. The van der Waals surface area contributed by atoms with Gasteiger partial charge in [0.15, 0.2) is 5.69 Å². The Morgan fingerprint density at radius 2 is 1.66 bits per heavy atom. The van der Waals surface area contributed by atoms with Crippen LogP contribution < -0.4 is 4.74 Å². The highest BCUT2D eigenvalue weighted by molar-refractivity contribution is 5.68. The molecule has 8 heteroatoms. The fourth-order valence-electron chi connectivity index (χ4n) is 3.66. The summed E-state index contributed by atoms with van der Waals surface area (Å²) in [6.45, 7) is 7.00. The van der Waals surface area contributed by atoms with Crippen LogP contribution >= 0.6 is 0 Å². The molecule has 0 unspecified atom stereocenters. The van der Waals surface area contributed by atoms with Crippen molar-refractivity contribution in [3.05, 3.63) is 18.1 Å². The number of hydrogen-bond acceptors (Lipinski definition) is 7. The van der Waals surface area contributed by atoms with Gasteiger partial charge in [-0.25, -0.2) is 14.8 Å². The zero-order valence-corrected chi connectivity index (χ0v) is 17.5. The van der Waals surface area contributed by atoms with E-state index in [9.17, 15) is 4.79 Å². The van der Waals surface area contributed by atoms with Crippen molar-refractivity contribution in [2.45, 2.75) is 83.2 Å². The Bertz CT molecular complexity index is 710. The lowest BCUT2D eigenvalue weighted by molar-refractivity contribution is -0.0678. The quantitative estimate of drug-likeness (QED) is 0.761. The van der Waals surface area contributed by atoms with E-state index >= 15 is 0 Å². The second-order valence-corrected chi connectivity index (χ2v) is 8.67. The zero-order valence-electron chi connectivity index (χ0n) is 17.5. The lowest BCUT2D eigenvalue weighted by Crippen LogP contribution is -2.44. The average Bonchev–Trinajstić information content (AvgIpc) is 2.69. The third-order valence-electron chi connectivity index (χ3n) is 5.13. The minimum atomic E-state index is -0.464. The predicted octanol–water partition coefficient (Wildman–Crippen LogP) is 3.45. The van der Waals surface area contributed by atoms with Crippen LogP contribution in [0.4, 0.5) is 4.79 Å². The first-order valence-electron chi connectivity index (χ1n) is 10.3. The number of nitrogens with zero attached hydrogens (tertiary/aromatic N) is 4. The number of hydrogen-bond donors (Lipinski definition) is 0. The fourth-order valence-corrected chi connectivity index (χ4v) is 3.66. The number of aromatic nitrogens is 2. The van der Waals surface area contributed by atoms with E-state index in [0.717, 1.165) is 38.5 Å². The van der Waals surface area contributed by atoms with E-state index in [4.69, 9.17) is 19.5 Å². The molecule has 1 aliphatic heterocycles. The molecule has 1 aromatic heterocycles. The lowest BCUT2D eigenvalue weighted by Gasteiger charge is -2.36. The van der Waals surface area contributed by atoms with Crippen molar-refractivity contribution in [2.75, 3.05) is 13.1 Å². The lowest BCUT2D eigenvalue weighted by atomic mass is 9.94. The Morgan fingerprint density at radius 3 is 2.21 bits per heavy atom. The zero-order chi connectivity index (χ0) is 20.9. The monoisotopic (exact) mass is 402 g/mol. The van der Waals surface area contributed by atoms with Gasteiger partial charge in [-0.2, -0.15) is 5.26 Å². The molecular weight excluding hydrogens is 372 g/mol. The molecule has 1 saturated carbocycles. The van der Waals surface area contributed by atoms with Gasteiger partial charge in [0.25, 0.3) is 0 Å². The van der Waals surface area contributed by atoms with E-state index in [0.29, 0.717) is 19.0 Å². The van der Waals surface area contributed by atoms with Gasteiger partial charge in [-0.1, -0.05) is 0 Å². The summed E-state index contributed by atoms with van der Waals surface area (Å²) in [5.41, 5.74) is -0.179. The maximum atomic E-state index is 12.2. The summed E-state index contributed by atoms with van der Waals surface area (Å²) in [5, 5.41) is 8.77. The SMILES string of the molecule is CC(C)(C)OC(=O)N1CCC(OC2CCC(Oc3cnc(C#N)cn3)CC2)CC1. The molecule has 158 valence electrons. The molecule has 29 heavy (non-hydrogen) atoms. The Balaban J connectivity index is 1.36. The standard InChI is InChI=1S/C21H30N4O4/c1-21(2,3)29-20(26)25-10-8-18(9-11-25)27-16-4-6-17(7-5-16)28-19-14-23-15(12-22)13-24-19/h13-14,16-18H,4-11H2,1-3H3. The number of rotatable bonds is 4.